The Morgan fingerprint density at radius 3 is 2.80 bits per heavy atom. The number of nitrogens with zero attached hydrogens (tertiary/aromatic N) is 2. The Balaban J connectivity index is 1.30. The molecule has 0 aromatic heterocycles. The van der Waals surface area contributed by atoms with Crippen molar-refractivity contribution in [3.05, 3.63) is 59.9 Å². The molecule has 3 amide bonds. The molecule has 2 heterocycles. The van der Waals surface area contributed by atoms with Gasteiger partial charge in [0.05, 0.1) is 23.7 Å². The van der Waals surface area contributed by atoms with Gasteiger partial charge in [-0.15, -0.1) is 0 Å². The number of halogens is 1. The van der Waals surface area contributed by atoms with Crippen molar-refractivity contribution in [1.82, 2.24) is 9.21 Å². The summed E-state index contributed by atoms with van der Waals surface area (Å²) in [4.78, 5) is 27.9. The highest BCUT2D eigenvalue weighted by molar-refractivity contribution is 7.97. The molecule has 0 saturated carbocycles. The molecule has 1 unspecified atom stereocenters. The summed E-state index contributed by atoms with van der Waals surface area (Å²) in [5, 5.41) is 2.72. The van der Waals surface area contributed by atoms with E-state index in [4.69, 9.17) is 4.74 Å². The molecule has 154 valence electrons. The fourth-order valence-corrected chi connectivity index (χ4v) is 5.25. The van der Waals surface area contributed by atoms with Gasteiger partial charge >= 0.3 is 6.03 Å². The number of rotatable bonds is 4. The van der Waals surface area contributed by atoms with Crippen molar-refractivity contribution in [3.63, 3.8) is 0 Å². The Hall–Kier alpha value is -3.00. The first kappa shape index (κ1) is 19.0. The average molecular weight is 425 g/mol. The zero-order valence-electron chi connectivity index (χ0n) is 16.3. The molecule has 2 atom stereocenters. The summed E-state index contributed by atoms with van der Waals surface area (Å²) in [5.41, 5.74) is 2.78. The molecule has 1 saturated heterocycles. The van der Waals surface area contributed by atoms with E-state index in [0.29, 0.717) is 23.0 Å². The van der Waals surface area contributed by atoms with Gasteiger partial charge in [-0.25, -0.2) is 9.18 Å². The van der Waals surface area contributed by atoms with Gasteiger partial charge in [-0.2, -0.15) is 0 Å². The van der Waals surface area contributed by atoms with E-state index >= 15 is 0 Å². The first-order valence-corrected chi connectivity index (χ1v) is 10.5. The summed E-state index contributed by atoms with van der Waals surface area (Å²) >= 11 is 1.09. The monoisotopic (exact) mass is 425 g/mol. The van der Waals surface area contributed by atoms with Gasteiger partial charge in [0.1, 0.15) is 18.1 Å². The predicted octanol–water partition coefficient (Wildman–Crippen LogP) is 4.00. The van der Waals surface area contributed by atoms with Crippen molar-refractivity contribution in [2.45, 2.75) is 17.4 Å². The molecule has 6 nitrogen and oxygen atoms in total. The number of amides is 3. The molecule has 0 radical (unpaired) electrons. The average Bonchev–Trinajstić information content (AvgIpc) is 3.36. The predicted molar refractivity (Wildman–Crippen MR) is 113 cm³/mol. The van der Waals surface area contributed by atoms with Crippen LogP contribution in [0.1, 0.15) is 12.0 Å². The van der Waals surface area contributed by atoms with Crippen LogP contribution >= 0.6 is 11.9 Å². The zero-order chi connectivity index (χ0) is 20.8. The molecule has 1 fully saturated rings. The fourth-order valence-electron chi connectivity index (χ4n) is 4.33. The molecule has 5 rings (SSSR count). The van der Waals surface area contributed by atoms with E-state index in [1.54, 1.807) is 7.11 Å². The van der Waals surface area contributed by atoms with Gasteiger partial charge in [-0.3, -0.25) is 9.10 Å². The number of ether oxygens (including phenoxy) is 1. The van der Waals surface area contributed by atoms with Crippen molar-refractivity contribution in [3.8, 4) is 5.75 Å². The summed E-state index contributed by atoms with van der Waals surface area (Å²) in [6, 6.07) is 11.7. The number of benzene rings is 2. The van der Waals surface area contributed by atoms with Gasteiger partial charge in [0, 0.05) is 6.54 Å². The summed E-state index contributed by atoms with van der Waals surface area (Å²) in [7, 11) is 1.63. The van der Waals surface area contributed by atoms with E-state index in [1.807, 2.05) is 29.2 Å². The maximum atomic E-state index is 13.5. The molecular weight excluding hydrogens is 405 g/mol. The Kier molecular flexibility index (Phi) is 4.66. The summed E-state index contributed by atoms with van der Waals surface area (Å²) in [5.74, 6) is 0.632. The number of anilines is 1. The minimum atomic E-state index is -0.380. The minimum Gasteiger partial charge on any atom is -0.497 e. The third-order valence-electron chi connectivity index (χ3n) is 5.75. The lowest BCUT2D eigenvalue weighted by atomic mass is 10.00. The van der Waals surface area contributed by atoms with Crippen LogP contribution in [0.5, 0.6) is 5.75 Å². The number of methoxy groups -OCH3 is 1. The van der Waals surface area contributed by atoms with Crippen LogP contribution < -0.4 is 10.1 Å². The third kappa shape index (κ3) is 3.31. The Morgan fingerprint density at radius 2 is 2.07 bits per heavy atom. The van der Waals surface area contributed by atoms with E-state index in [1.165, 1.54) is 22.5 Å². The molecule has 2 bridgehead atoms. The molecular formula is C22H20FN3O3S. The highest BCUT2D eigenvalue weighted by Gasteiger charge is 2.42. The number of carbonyl (C=O) groups excluding carboxylic acids is 2. The molecule has 8 heteroatoms. The maximum absolute atomic E-state index is 13.5. The van der Waals surface area contributed by atoms with Crippen molar-refractivity contribution in [2.24, 2.45) is 5.92 Å². The van der Waals surface area contributed by atoms with Crippen LogP contribution in [0.2, 0.25) is 0 Å². The van der Waals surface area contributed by atoms with Gasteiger partial charge in [0.15, 0.2) is 0 Å². The van der Waals surface area contributed by atoms with E-state index < -0.39 is 0 Å². The second-order valence-electron chi connectivity index (χ2n) is 7.61. The largest absolute Gasteiger partial charge is 0.497 e. The topological polar surface area (TPSA) is 61.9 Å². The number of likely N-dealkylation sites (tertiary alicyclic amines) is 1. The smallest absolute Gasteiger partial charge is 0.332 e. The summed E-state index contributed by atoms with van der Waals surface area (Å²) in [6.45, 7) is 0.597. The van der Waals surface area contributed by atoms with Gasteiger partial charge < -0.3 is 15.0 Å². The van der Waals surface area contributed by atoms with Crippen molar-refractivity contribution in [1.29, 1.82) is 0 Å². The molecule has 2 aromatic carbocycles. The third-order valence-corrected chi connectivity index (χ3v) is 6.80. The second kappa shape index (κ2) is 7.36. The second-order valence-corrected chi connectivity index (χ2v) is 8.67. The first-order chi connectivity index (χ1) is 14.5. The number of hydrogen-bond acceptors (Lipinski definition) is 4. The first-order valence-electron chi connectivity index (χ1n) is 9.73. The maximum Gasteiger partial charge on any atom is 0.332 e. The van der Waals surface area contributed by atoms with Gasteiger partial charge in [0.2, 0.25) is 5.91 Å². The molecule has 0 spiro atoms. The zero-order valence-corrected chi connectivity index (χ0v) is 17.1. The molecule has 30 heavy (non-hydrogen) atoms. The van der Waals surface area contributed by atoms with Crippen LogP contribution in [-0.4, -0.2) is 47.4 Å². The molecule has 1 aliphatic carbocycles. The van der Waals surface area contributed by atoms with Crippen LogP contribution in [0.3, 0.4) is 0 Å². The lowest BCUT2D eigenvalue weighted by Gasteiger charge is -2.32. The van der Waals surface area contributed by atoms with Gasteiger partial charge in [-0.1, -0.05) is 18.2 Å². The summed E-state index contributed by atoms with van der Waals surface area (Å²) in [6.07, 6.45) is 3.15. The molecule has 1 N–H and O–H groups in total. The normalized spacial score (nSPS) is 21.9. The van der Waals surface area contributed by atoms with Crippen molar-refractivity contribution in [2.75, 3.05) is 25.5 Å². The van der Waals surface area contributed by atoms with Crippen LogP contribution in [0.15, 0.2) is 53.4 Å². The number of urea groups is 1. The SMILES string of the molecule is COc1ccc(C2=C[C@@H]3CC2N(C(=O)CN2Sc4cc(F)ccc4NC2=O)C3)cc1. The lowest BCUT2D eigenvalue weighted by molar-refractivity contribution is -0.131. The number of hydrogen-bond donors (Lipinski definition) is 1. The van der Waals surface area contributed by atoms with Crippen LogP contribution in [0.25, 0.3) is 5.57 Å². The number of carbonyl (C=O) groups is 2. The quantitative estimate of drug-likeness (QED) is 0.752. The van der Waals surface area contributed by atoms with Crippen LogP contribution in [-0.2, 0) is 4.79 Å². The van der Waals surface area contributed by atoms with Crippen molar-refractivity contribution < 1.29 is 18.7 Å². The van der Waals surface area contributed by atoms with E-state index in [-0.39, 0.29) is 30.3 Å². The summed E-state index contributed by atoms with van der Waals surface area (Å²) < 4.78 is 20.1. The highest BCUT2D eigenvalue weighted by Crippen LogP contribution is 2.42. The lowest BCUT2D eigenvalue weighted by Crippen LogP contribution is -2.45. The van der Waals surface area contributed by atoms with E-state index in [0.717, 1.165) is 35.3 Å². The Bertz CT molecular complexity index is 1060. The van der Waals surface area contributed by atoms with Gasteiger partial charge in [-0.05, 0) is 65.8 Å². The molecule has 2 aromatic rings. The fraction of sp³-hybridized carbons (Fsp3) is 0.273. The Labute approximate surface area is 177 Å². The van der Waals surface area contributed by atoms with E-state index in [2.05, 4.69) is 11.4 Å². The van der Waals surface area contributed by atoms with Crippen LogP contribution in [0, 0.1) is 11.7 Å². The molecule has 3 aliphatic rings. The standard InChI is InChI=1S/C22H20FN3O3S/c1-29-16-5-2-14(3-6-16)17-8-13-9-19(17)25(11-13)21(27)12-26-22(28)24-18-7-4-15(23)10-20(18)30-26/h2-8,10,13,19H,9,11-12H2,1H3,(H,24,28)/t13-,19?/m1/s1. The Morgan fingerprint density at radius 1 is 1.27 bits per heavy atom. The van der Waals surface area contributed by atoms with Gasteiger partial charge in [0.25, 0.3) is 0 Å². The van der Waals surface area contributed by atoms with E-state index in [9.17, 15) is 14.0 Å². The minimum absolute atomic E-state index is 0.0125. The number of nitrogens with one attached hydrogen (secondary N) is 1. The molecule has 2 aliphatic heterocycles. The van der Waals surface area contributed by atoms with Crippen molar-refractivity contribution >= 4 is 35.1 Å². The number of fused-ring (bicyclic) bond motifs is 3. The highest BCUT2D eigenvalue weighted by atomic mass is 32.2. The van der Waals surface area contributed by atoms with Crippen LogP contribution in [0.4, 0.5) is 14.9 Å².